The third-order valence-electron chi connectivity index (χ3n) is 3.74. The van der Waals surface area contributed by atoms with Gasteiger partial charge in [0.05, 0.1) is 13.7 Å². The summed E-state index contributed by atoms with van der Waals surface area (Å²) in [4.78, 5) is 25.7. The van der Waals surface area contributed by atoms with Crippen molar-refractivity contribution in [3.8, 4) is 11.5 Å². The quantitative estimate of drug-likeness (QED) is 0.652. The maximum atomic E-state index is 12.4. The summed E-state index contributed by atoms with van der Waals surface area (Å²) in [6, 6.07) is 7.35. The van der Waals surface area contributed by atoms with Crippen molar-refractivity contribution < 1.29 is 24.2 Å². The van der Waals surface area contributed by atoms with Crippen LogP contribution in [0.1, 0.15) is 19.3 Å². The number of aliphatic hydroxyl groups excluding tert-OH is 1. The first-order chi connectivity index (χ1) is 11.7. The fourth-order valence-electron chi connectivity index (χ4n) is 2.36. The van der Waals surface area contributed by atoms with E-state index < -0.39 is 0 Å². The van der Waals surface area contributed by atoms with E-state index in [-0.39, 0.29) is 44.0 Å². The van der Waals surface area contributed by atoms with Crippen LogP contribution in [0.5, 0.6) is 11.5 Å². The Labute approximate surface area is 141 Å². The second-order valence-corrected chi connectivity index (χ2v) is 5.58. The number of benzene rings is 1. The number of rotatable bonds is 10. The number of nitrogens with zero attached hydrogens (tertiary/aromatic N) is 1. The summed E-state index contributed by atoms with van der Waals surface area (Å²) in [5, 5.41) is 11.3. The SMILES string of the molecule is COc1ccccc1OCC(=O)N(CCC(=O)NCCO)C1CC1. The van der Waals surface area contributed by atoms with Gasteiger partial charge in [-0.15, -0.1) is 0 Å². The molecule has 7 heteroatoms. The first-order valence-electron chi connectivity index (χ1n) is 8.08. The van der Waals surface area contributed by atoms with Gasteiger partial charge in [-0.2, -0.15) is 0 Å². The van der Waals surface area contributed by atoms with Crippen LogP contribution in [-0.2, 0) is 9.59 Å². The Morgan fingerprint density at radius 1 is 1.29 bits per heavy atom. The highest BCUT2D eigenvalue weighted by atomic mass is 16.5. The second-order valence-electron chi connectivity index (χ2n) is 5.58. The maximum Gasteiger partial charge on any atom is 0.260 e. The largest absolute Gasteiger partial charge is 0.493 e. The molecule has 1 aromatic carbocycles. The Balaban J connectivity index is 1.84. The molecule has 1 fully saturated rings. The van der Waals surface area contributed by atoms with Crippen LogP contribution in [0.4, 0.5) is 0 Å². The highest BCUT2D eigenvalue weighted by Gasteiger charge is 2.32. The molecular formula is C17H24N2O5. The van der Waals surface area contributed by atoms with Gasteiger partial charge in [0.15, 0.2) is 18.1 Å². The minimum atomic E-state index is -0.173. The molecule has 1 aromatic rings. The molecule has 7 nitrogen and oxygen atoms in total. The van der Waals surface area contributed by atoms with Gasteiger partial charge >= 0.3 is 0 Å². The average molecular weight is 336 g/mol. The topological polar surface area (TPSA) is 88.1 Å². The van der Waals surface area contributed by atoms with Crippen molar-refractivity contribution in [1.29, 1.82) is 0 Å². The predicted molar refractivity (Wildman–Crippen MR) is 87.9 cm³/mol. The number of methoxy groups -OCH3 is 1. The molecule has 0 atom stereocenters. The highest BCUT2D eigenvalue weighted by Crippen LogP contribution is 2.28. The molecule has 0 bridgehead atoms. The van der Waals surface area contributed by atoms with E-state index in [1.807, 2.05) is 12.1 Å². The van der Waals surface area contributed by atoms with Gasteiger partial charge in [-0.3, -0.25) is 9.59 Å². The number of hydrogen-bond acceptors (Lipinski definition) is 5. The molecule has 24 heavy (non-hydrogen) atoms. The zero-order valence-electron chi connectivity index (χ0n) is 13.9. The second kappa shape index (κ2) is 9.12. The monoisotopic (exact) mass is 336 g/mol. The third-order valence-corrected chi connectivity index (χ3v) is 3.74. The summed E-state index contributed by atoms with van der Waals surface area (Å²) in [6.07, 6.45) is 2.13. The standard InChI is InChI=1S/C17H24N2O5/c1-23-14-4-2-3-5-15(14)24-12-17(22)19(13-6-7-13)10-8-16(21)18-9-11-20/h2-5,13,20H,6-12H2,1H3,(H,18,21). The zero-order valence-corrected chi connectivity index (χ0v) is 13.9. The van der Waals surface area contributed by atoms with Crippen molar-refractivity contribution in [2.45, 2.75) is 25.3 Å². The molecule has 1 aliphatic carbocycles. The molecule has 0 saturated heterocycles. The van der Waals surface area contributed by atoms with Gasteiger partial charge in [-0.1, -0.05) is 12.1 Å². The van der Waals surface area contributed by atoms with E-state index in [0.717, 1.165) is 12.8 Å². The summed E-state index contributed by atoms with van der Waals surface area (Å²) in [5.74, 6) is 0.781. The molecule has 2 rings (SSSR count). The number of para-hydroxylation sites is 2. The summed E-state index contributed by atoms with van der Waals surface area (Å²) < 4.78 is 10.8. The van der Waals surface area contributed by atoms with Gasteiger partial charge in [-0.25, -0.2) is 0 Å². The van der Waals surface area contributed by atoms with E-state index in [1.54, 1.807) is 24.1 Å². The van der Waals surface area contributed by atoms with E-state index in [4.69, 9.17) is 14.6 Å². The number of hydrogen-bond donors (Lipinski definition) is 2. The third kappa shape index (κ3) is 5.42. The Kier molecular flexibility index (Phi) is 6.87. The zero-order chi connectivity index (χ0) is 17.4. The van der Waals surface area contributed by atoms with Crippen LogP contribution < -0.4 is 14.8 Å². The van der Waals surface area contributed by atoms with Gasteiger partial charge in [0.25, 0.3) is 5.91 Å². The van der Waals surface area contributed by atoms with Gasteiger partial charge in [0.2, 0.25) is 5.91 Å². The van der Waals surface area contributed by atoms with Crippen LogP contribution in [-0.4, -0.2) is 61.3 Å². The van der Waals surface area contributed by atoms with Gasteiger partial charge in [-0.05, 0) is 25.0 Å². The number of ether oxygens (including phenoxy) is 2. The van der Waals surface area contributed by atoms with Crippen molar-refractivity contribution in [2.24, 2.45) is 0 Å². The Morgan fingerprint density at radius 2 is 2.00 bits per heavy atom. The van der Waals surface area contributed by atoms with E-state index in [2.05, 4.69) is 5.32 Å². The normalized spacial score (nSPS) is 13.2. The van der Waals surface area contributed by atoms with Gasteiger partial charge in [0, 0.05) is 25.6 Å². The molecule has 2 amide bonds. The minimum absolute atomic E-state index is 0.0882. The fraction of sp³-hybridized carbons (Fsp3) is 0.529. The molecule has 132 valence electrons. The Bertz CT molecular complexity index is 560. The number of nitrogens with one attached hydrogen (secondary N) is 1. The molecule has 2 N–H and O–H groups in total. The Morgan fingerprint density at radius 3 is 2.62 bits per heavy atom. The van der Waals surface area contributed by atoms with E-state index >= 15 is 0 Å². The predicted octanol–water partition coefficient (Wildman–Crippen LogP) is 0.564. The Hall–Kier alpha value is -2.28. The molecule has 0 spiro atoms. The highest BCUT2D eigenvalue weighted by molar-refractivity contribution is 5.80. The number of carbonyl (C=O) groups is 2. The summed E-state index contributed by atoms with van der Waals surface area (Å²) in [5.41, 5.74) is 0. The van der Waals surface area contributed by atoms with Crippen LogP contribution >= 0.6 is 0 Å². The summed E-state index contributed by atoms with van der Waals surface area (Å²) >= 11 is 0. The van der Waals surface area contributed by atoms with E-state index in [0.29, 0.717) is 18.0 Å². The van der Waals surface area contributed by atoms with Crippen LogP contribution in [0, 0.1) is 0 Å². The molecule has 0 radical (unpaired) electrons. The van der Waals surface area contributed by atoms with Crippen molar-refractivity contribution in [3.63, 3.8) is 0 Å². The van der Waals surface area contributed by atoms with Gasteiger partial charge in [0.1, 0.15) is 0 Å². The van der Waals surface area contributed by atoms with Crippen molar-refractivity contribution in [1.82, 2.24) is 10.2 Å². The van der Waals surface area contributed by atoms with Crippen LogP contribution in [0.3, 0.4) is 0 Å². The van der Waals surface area contributed by atoms with E-state index in [1.165, 1.54) is 0 Å². The summed E-state index contributed by atoms with van der Waals surface area (Å²) in [6.45, 7) is 0.405. The van der Waals surface area contributed by atoms with Crippen LogP contribution in [0.2, 0.25) is 0 Å². The fourth-order valence-corrected chi connectivity index (χ4v) is 2.36. The molecule has 0 unspecified atom stereocenters. The first-order valence-corrected chi connectivity index (χ1v) is 8.08. The van der Waals surface area contributed by atoms with Crippen LogP contribution in [0.25, 0.3) is 0 Å². The first kappa shape index (κ1) is 18.1. The molecule has 1 aliphatic rings. The minimum Gasteiger partial charge on any atom is -0.493 e. The van der Waals surface area contributed by atoms with Gasteiger partial charge < -0.3 is 24.8 Å². The lowest BCUT2D eigenvalue weighted by molar-refractivity contribution is -0.134. The van der Waals surface area contributed by atoms with Crippen molar-refractivity contribution in [3.05, 3.63) is 24.3 Å². The molecular weight excluding hydrogens is 312 g/mol. The lowest BCUT2D eigenvalue weighted by Crippen LogP contribution is -2.39. The van der Waals surface area contributed by atoms with Crippen LogP contribution in [0.15, 0.2) is 24.3 Å². The smallest absolute Gasteiger partial charge is 0.260 e. The lowest BCUT2D eigenvalue weighted by Gasteiger charge is -2.22. The lowest BCUT2D eigenvalue weighted by atomic mass is 10.3. The maximum absolute atomic E-state index is 12.4. The molecule has 0 aromatic heterocycles. The van der Waals surface area contributed by atoms with Crippen molar-refractivity contribution >= 4 is 11.8 Å². The van der Waals surface area contributed by atoms with E-state index in [9.17, 15) is 9.59 Å². The number of aliphatic hydroxyl groups is 1. The number of amides is 2. The van der Waals surface area contributed by atoms with Crippen molar-refractivity contribution in [2.75, 3.05) is 33.4 Å². The number of carbonyl (C=O) groups excluding carboxylic acids is 2. The molecule has 0 aliphatic heterocycles. The average Bonchev–Trinajstić information content (AvgIpc) is 3.43. The molecule has 1 saturated carbocycles. The molecule has 0 heterocycles. The summed E-state index contributed by atoms with van der Waals surface area (Å²) in [7, 11) is 1.55.